The molecular formula is C14H18ClN3O2S. The van der Waals surface area contributed by atoms with Crippen molar-refractivity contribution in [2.45, 2.75) is 18.6 Å². The lowest BCUT2D eigenvalue weighted by molar-refractivity contribution is -0.364. The number of nitriles is 1. The molecule has 0 bridgehead atoms. The van der Waals surface area contributed by atoms with Gasteiger partial charge in [-0.05, 0) is 17.7 Å². The van der Waals surface area contributed by atoms with E-state index in [1.807, 2.05) is 18.2 Å². The van der Waals surface area contributed by atoms with Crippen LogP contribution >= 0.6 is 11.8 Å². The summed E-state index contributed by atoms with van der Waals surface area (Å²) in [6.45, 7) is 1.22. The van der Waals surface area contributed by atoms with Gasteiger partial charge in [0.15, 0.2) is 5.12 Å². The van der Waals surface area contributed by atoms with Crippen molar-refractivity contribution in [3.05, 3.63) is 35.4 Å². The summed E-state index contributed by atoms with van der Waals surface area (Å²) in [5, 5.41) is 11.2. The molecule has 1 aromatic carbocycles. The fourth-order valence-corrected chi connectivity index (χ4v) is 2.22. The Kier molecular flexibility index (Phi) is 10.3. The summed E-state index contributed by atoms with van der Waals surface area (Å²) in [6, 6.07) is 9.11. The van der Waals surface area contributed by atoms with Crippen molar-refractivity contribution < 1.29 is 27.7 Å². The number of hydrogen-bond acceptors (Lipinski definition) is 4. The number of thioether (sulfide) groups is 1. The van der Waals surface area contributed by atoms with Crippen molar-refractivity contribution in [2.24, 2.45) is 0 Å². The lowest BCUT2D eigenvalue weighted by Gasteiger charge is -2.04. The third-order valence-corrected chi connectivity index (χ3v) is 3.52. The number of nitrogens with one attached hydrogen (secondary N) is 1. The fourth-order valence-electron chi connectivity index (χ4n) is 1.45. The first-order valence-electron chi connectivity index (χ1n) is 6.36. The molecule has 0 radical (unpaired) electrons. The highest BCUT2D eigenvalue weighted by Crippen LogP contribution is 2.16. The maximum absolute atomic E-state index is 11.7. The highest BCUT2D eigenvalue weighted by atomic mass is 35.5. The van der Waals surface area contributed by atoms with Crippen LogP contribution in [0.15, 0.2) is 24.3 Å². The van der Waals surface area contributed by atoms with Crippen molar-refractivity contribution in [1.82, 2.24) is 5.32 Å². The predicted octanol–water partition coefficient (Wildman–Crippen LogP) is -2.27. The maximum Gasteiger partial charge on any atom is 0.251 e. The van der Waals surface area contributed by atoms with E-state index in [4.69, 9.17) is 5.26 Å². The van der Waals surface area contributed by atoms with E-state index < -0.39 is 0 Å². The van der Waals surface area contributed by atoms with E-state index in [0.29, 0.717) is 24.4 Å². The maximum atomic E-state index is 11.7. The van der Waals surface area contributed by atoms with Crippen molar-refractivity contribution >= 4 is 22.8 Å². The second kappa shape index (κ2) is 11.1. The van der Waals surface area contributed by atoms with E-state index >= 15 is 0 Å². The highest BCUT2D eigenvalue weighted by Gasteiger charge is 2.06. The van der Waals surface area contributed by atoms with Gasteiger partial charge in [0.25, 0.3) is 5.91 Å². The van der Waals surface area contributed by atoms with Crippen molar-refractivity contribution in [1.29, 1.82) is 5.26 Å². The minimum absolute atomic E-state index is 0. The first kappa shape index (κ1) is 19.4. The van der Waals surface area contributed by atoms with Gasteiger partial charge in [0, 0.05) is 24.2 Å². The van der Waals surface area contributed by atoms with E-state index in [2.05, 4.69) is 11.1 Å². The Bertz CT molecular complexity index is 500. The second-order valence-corrected chi connectivity index (χ2v) is 5.16. The minimum Gasteiger partial charge on any atom is -1.00 e. The monoisotopic (exact) mass is 327 g/mol. The number of carbonyl (C=O) groups is 2. The van der Waals surface area contributed by atoms with Crippen LogP contribution in [0.3, 0.4) is 0 Å². The minimum atomic E-state index is -0.113. The number of amides is 1. The highest BCUT2D eigenvalue weighted by molar-refractivity contribution is 8.12. The molecule has 0 atom stereocenters. The summed E-state index contributed by atoms with van der Waals surface area (Å²) in [7, 11) is 0. The summed E-state index contributed by atoms with van der Waals surface area (Å²) in [6.07, 6.45) is 0.546. The second-order valence-electron chi connectivity index (χ2n) is 4.13. The standard InChI is InChI=1S/C14H17N3O2S.ClH/c15-7-1-2-13(18)20-10-11-3-5-12(6-4-11)14(19)17-9-8-16;/h3-6H,1-2,8-10,16H2,(H,17,19);1H. The fraction of sp³-hybridized carbons (Fsp3) is 0.357. The molecular weight excluding hydrogens is 310 g/mol. The van der Waals surface area contributed by atoms with Crippen LogP contribution in [-0.4, -0.2) is 24.1 Å². The number of hydrogen-bond donors (Lipinski definition) is 2. The Morgan fingerprint density at radius 2 is 1.95 bits per heavy atom. The molecule has 7 heteroatoms. The third kappa shape index (κ3) is 7.71. The average molecular weight is 328 g/mol. The van der Waals surface area contributed by atoms with E-state index in [1.54, 1.807) is 12.1 Å². The van der Waals surface area contributed by atoms with Crippen LogP contribution in [0.25, 0.3) is 0 Å². The summed E-state index contributed by atoms with van der Waals surface area (Å²) in [5.74, 6) is 0.448. The topological polar surface area (TPSA) is 97.6 Å². The summed E-state index contributed by atoms with van der Waals surface area (Å²) in [5.41, 5.74) is 5.24. The molecule has 21 heavy (non-hydrogen) atoms. The van der Waals surface area contributed by atoms with Gasteiger partial charge in [0.1, 0.15) is 0 Å². The van der Waals surface area contributed by atoms with Crippen LogP contribution in [0.1, 0.15) is 28.8 Å². The van der Waals surface area contributed by atoms with E-state index in [0.717, 1.165) is 5.56 Å². The van der Waals surface area contributed by atoms with Gasteiger partial charge in [0.05, 0.1) is 19.2 Å². The number of benzene rings is 1. The molecule has 1 aromatic rings. The number of carbonyl (C=O) groups excluding carboxylic acids is 2. The van der Waals surface area contributed by atoms with E-state index in [-0.39, 0.29) is 36.3 Å². The van der Waals surface area contributed by atoms with Gasteiger partial charge in [-0.3, -0.25) is 9.59 Å². The van der Waals surface area contributed by atoms with Gasteiger partial charge in [-0.2, -0.15) is 5.26 Å². The Balaban J connectivity index is 0.00000400. The van der Waals surface area contributed by atoms with Crippen LogP contribution < -0.4 is 23.5 Å². The molecule has 0 aliphatic carbocycles. The third-order valence-electron chi connectivity index (χ3n) is 2.52. The number of nitrogens with zero attached hydrogens (tertiary/aromatic N) is 1. The summed E-state index contributed by atoms with van der Waals surface area (Å²) < 4.78 is 0. The molecule has 0 unspecified atom stereocenters. The molecule has 0 fully saturated rings. The zero-order valence-corrected chi connectivity index (χ0v) is 13.2. The van der Waals surface area contributed by atoms with Crippen LogP contribution in [0.4, 0.5) is 0 Å². The molecule has 0 aliphatic heterocycles. The SMILES string of the molecule is N#CCCC(=O)SCc1ccc(C(=O)NCC[NH3+])cc1.[Cl-]. The largest absolute Gasteiger partial charge is 1.00 e. The smallest absolute Gasteiger partial charge is 0.251 e. The van der Waals surface area contributed by atoms with Crippen LogP contribution in [-0.2, 0) is 10.5 Å². The van der Waals surface area contributed by atoms with Gasteiger partial charge in [-0.25, -0.2) is 0 Å². The predicted molar refractivity (Wildman–Crippen MR) is 77.7 cm³/mol. The molecule has 114 valence electrons. The number of rotatable bonds is 7. The average Bonchev–Trinajstić information content (AvgIpc) is 2.49. The lowest BCUT2D eigenvalue weighted by atomic mass is 10.1. The van der Waals surface area contributed by atoms with Gasteiger partial charge < -0.3 is 23.5 Å². The Morgan fingerprint density at radius 1 is 1.29 bits per heavy atom. The van der Waals surface area contributed by atoms with Crippen LogP contribution in [0.5, 0.6) is 0 Å². The Labute approximate surface area is 134 Å². The molecule has 0 saturated carbocycles. The van der Waals surface area contributed by atoms with Crippen molar-refractivity contribution in [3.8, 4) is 6.07 Å². The molecule has 0 aromatic heterocycles. The molecule has 0 heterocycles. The zero-order chi connectivity index (χ0) is 14.8. The summed E-state index contributed by atoms with van der Waals surface area (Å²) in [4.78, 5) is 23.1. The quantitative estimate of drug-likeness (QED) is 0.590. The first-order chi connectivity index (χ1) is 9.67. The van der Waals surface area contributed by atoms with Crippen molar-refractivity contribution in [2.75, 3.05) is 13.1 Å². The van der Waals surface area contributed by atoms with Crippen LogP contribution in [0, 0.1) is 11.3 Å². The van der Waals surface area contributed by atoms with Gasteiger partial charge in [-0.15, -0.1) is 0 Å². The van der Waals surface area contributed by atoms with Gasteiger partial charge in [0.2, 0.25) is 0 Å². The molecule has 0 aliphatic rings. The molecule has 0 spiro atoms. The normalized spacial score (nSPS) is 9.33. The van der Waals surface area contributed by atoms with E-state index in [1.165, 1.54) is 11.8 Å². The van der Waals surface area contributed by atoms with Crippen molar-refractivity contribution in [3.63, 3.8) is 0 Å². The zero-order valence-electron chi connectivity index (χ0n) is 11.6. The van der Waals surface area contributed by atoms with E-state index in [9.17, 15) is 9.59 Å². The molecule has 1 amide bonds. The van der Waals surface area contributed by atoms with Gasteiger partial charge in [-0.1, -0.05) is 23.9 Å². The Hall–Kier alpha value is -1.55. The molecule has 1 rings (SSSR count). The number of halogens is 1. The molecule has 4 N–H and O–H groups in total. The lowest BCUT2D eigenvalue weighted by Crippen LogP contribution is -3.00. The molecule has 0 saturated heterocycles. The summed E-state index contributed by atoms with van der Waals surface area (Å²) >= 11 is 1.20. The first-order valence-corrected chi connectivity index (χ1v) is 7.35. The number of quaternary nitrogens is 1. The van der Waals surface area contributed by atoms with Crippen LogP contribution in [0.2, 0.25) is 0 Å². The molecule has 5 nitrogen and oxygen atoms in total. The Morgan fingerprint density at radius 3 is 2.52 bits per heavy atom. The van der Waals surface area contributed by atoms with Gasteiger partial charge >= 0.3 is 0 Å².